The van der Waals surface area contributed by atoms with Gasteiger partial charge in [0.15, 0.2) is 5.11 Å². The highest BCUT2D eigenvalue weighted by molar-refractivity contribution is 7.80. The van der Waals surface area contributed by atoms with Crippen LogP contribution in [0.4, 0.5) is 5.69 Å². The maximum absolute atomic E-state index is 12.9. The molecule has 3 heterocycles. The van der Waals surface area contributed by atoms with Gasteiger partial charge in [0.2, 0.25) is 5.91 Å². The third kappa shape index (κ3) is 5.33. The Morgan fingerprint density at radius 2 is 1.75 bits per heavy atom. The second-order valence-corrected chi connectivity index (χ2v) is 10.4. The van der Waals surface area contributed by atoms with Gasteiger partial charge >= 0.3 is 5.97 Å². The molecule has 2 aromatic carbocycles. The SMILES string of the molecule is Cc1ccc(NC(=O)CCN2C(=S)NC(c3ccccn3)C2c2cc(C)n(-c3ccccc3C(=O)O)c2C)cc1. The molecular weight excluding hydrogens is 522 g/mol. The van der Waals surface area contributed by atoms with Gasteiger partial charge in [-0.15, -0.1) is 0 Å². The molecule has 0 saturated carbocycles. The molecule has 1 saturated heterocycles. The highest BCUT2D eigenvalue weighted by atomic mass is 32.1. The fourth-order valence-electron chi connectivity index (χ4n) is 5.37. The molecule has 204 valence electrons. The zero-order valence-corrected chi connectivity index (χ0v) is 23.4. The van der Waals surface area contributed by atoms with Crippen LogP contribution in [0.2, 0.25) is 0 Å². The molecule has 1 aliphatic rings. The van der Waals surface area contributed by atoms with Crippen molar-refractivity contribution in [1.29, 1.82) is 0 Å². The minimum absolute atomic E-state index is 0.104. The lowest BCUT2D eigenvalue weighted by molar-refractivity contribution is -0.116. The number of nitrogens with one attached hydrogen (secondary N) is 2. The molecule has 0 bridgehead atoms. The van der Waals surface area contributed by atoms with Gasteiger partial charge in [0.1, 0.15) is 0 Å². The van der Waals surface area contributed by atoms with E-state index in [1.54, 1.807) is 18.3 Å². The Morgan fingerprint density at radius 3 is 2.45 bits per heavy atom. The number of nitrogens with zero attached hydrogens (tertiary/aromatic N) is 3. The fraction of sp³-hybridized carbons (Fsp3) is 0.226. The predicted molar refractivity (Wildman–Crippen MR) is 159 cm³/mol. The van der Waals surface area contributed by atoms with Crippen molar-refractivity contribution >= 4 is 34.9 Å². The standard InChI is InChI=1S/C31H31N5O3S/c1-19-11-13-22(14-12-19)33-27(37)15-17-35-29(28(34-31(35)40)25-9-6-7-16-32-25)24-18-20(2)36(21(24)3)26-10-5-4-8-23(26)30(38)39/h4-14,16,18,28-29H,15,17H2,1-3H3,(H,33,37)(H,34,40)(H,38,39). The highest BCUT2D eigenvalue weighted by Gasteiger charge is 2.41. The maximum atomic E-state index is 12.9. The van der Waals surface area contributed by atoms with Gasteiger partial charge in [-0.1, -0.05) is 35.9 Å². The lowest BCUT2D eigenvalue weighted by Gasteiger charge is -2.28. The number of aromatic carboxylic acids is 1. The number of pyridine rings is 1. The molecule has 2 aromatic heterocycles. The molecule has 0 spiro atoms. The Hall–Kier alpha value is -4.50. The molecular formula is C31H31N5O3S. The number of hydrogen-bond donors (Lipinski definition) is 3. The van der Waals surface area contributed by atoms with Gasteiger partial charge in [-0.2, -0.15) is 0 Å². The van der Waals surface area contributed by atoms with E-state index in [0.717, 1.165) is 33.9 Å². The van der Waals surface area contributed by atoms with Crippen molar-refractivity contribution in [2.45, 2.75) is 39.3 Å². The zero-order valence-electron chi connectivity index (χ0n) is 22.6. The topological polar surface area (TPSA) is 99.5 Å². The first-order chi connectivity index (χ1) is 19.2. The summed E-state index contributed by atoms with van der Waals surface area (Å²) in [5, 5.41) is 16.8. The minimum atomic E-state index is -0.985. The van der Waals surface area contributed by atoms with Crippen LogP contribution in [0.3, 0.4) is 0 Å². The van der Waals surface area contributed by atoms with Crippen LogP contribution in [-0.2, 0) is 4.79 Å². The quantitative estimate of drug-likeness (QED) is 0.248. The Bertz CT molecular complexity index is 1570. The number of aromatic nitrogens is 2. The van der Waals surface area contributed by atoms with Crippen LogP contribution in [-0.4, -0.2) is 43.1 Å². The summed E-state index contributed by atoms with van der Waals surface area (Å²) in [6.07, 6.45) is 1.99. The number of benzene rings is 2. The van der Waals surface area contributed by atoms with E-state index in [1.807, 2.05) is 84.8 Å². The molecule has 2 atom stereocenters. The average molecular weight is 554 g/mol. The Balaban J connectivity index is 1.50. The second-order valence-electron chi connectivity index (χ2n) is 9.97. The zero-order chi connectivity index (χ0) is 28.4. The van der Waals surface area contributed by atoms with Gasteiger partial charge in [0.25, 0.3) is 0 Å². The van der Waals surface area contributed by atoms with Crippen LogP contribution in [0.25, 0.3) is 5.69 Å². The molecule has 5 rings (SSSR count). The first kappa shape index (κ1) is 27.1. The summed E-state index contributed by atoms with van der Waals surface area (Å²) in [4.78, 5) is 31.6. The van der Waals surface area contributed by atoms with Crippen LogP contribution in [0.5, 0.6) is 0 Å². The Morgan fingerprint density at radius 1 is 1.02 bits per heavy atom. The summed E-state index contributed by atoms with van der Waals surface area (Å²) < 4.78 is 1.97. The lowest BCUT2D eigenvalue weighted by atomic mass is 9.96. The summed E-state index contributed by atoms with van der Waals surface area (Å²) in [5.41, 5.74) is 6.31. The summed E-state index contributed by atoms with van der Waals surface area (Å²) in [6.45, 7) is 6.35. The summed E-state index contributed by atoms with van der Waals surface area (Å²) >= 11 is 5.79. The predicted octanol–water partition coefficient (Wildman–Crippen LogP) is 5.50. The third-order valence-electron chi connectivity index (χ3n) is 7.28. The largest absolute Gasteiger partial charge is 0.478 e. The number of carboxylic acid groups (broad SMARTS) is 1. The molecule has 4 aromatic rings. The average Bonchev–Trinajstić information content (AvgIpc) is 3.43. The minimum Gasteiger partial charge on any atom is -0.478 e. The first-order valence-corrected chi connectivity index (χ1v) is 13.5. The van der Waals surface area contributed by atoms with Gasteiger partial charge in [-0.25, -0.2) is 4.79 Å². The van der Waals surface area contributed by atoms with Crippen molar-refractivity contribution in [3.63, 3.8) is 0 Å². The second kappa shape index (κ2) is 11.3. The molecule has 0 aliphatic carbocycles. The highest BCUT2D eigenvalue weighted by Crippen LogP contribution is 2.41. The molecule has 1 amide bonds. The van der Waals surface area contributed by atoms with Crippen molar-refractivity contribution in [1.82, 2.24) is 19.8 Å². The number of carboxylic acids is 1. The van der Waals surface area contributed by atoms with Gasteiger partial charge in [0, 0.05) is 36.2 Å². The van der Waals surface area contributed by atoms with E-state index in [0.29, 0.717) is 17.3 Å². The van der Waals surface area contributed by atoms with E-state index in [-0.39, 0.29) is 30.0 Å². The third-order valence-corrected chi connectivity index (χ3v) is 7.63. The number of hydrogen-bond acceptors (Lipinski definition) is 4. The van der Waals surface area contributed by atoms with E-state index < -0.39 is 5.97 Å². The van der Waals surface area contributed by atoms with E-state index in [1.165, 1.54) is 0 Å². The van der Waals surface area contributed by atoms with Crippen LogP contribution in [0.15, 0.2) is 79.0 Å². The van der Waals surface area contributed by atoms with Crippen molar-refractivity contribution < 1.29 is 14.7 Å². The Labute approximate surface area is 238 Å². The molecule has 0 radical (unpaired) electrons. The van der Waals surface area contributed by atoms with Crippen LogP contribution < -0.4 is 10.6 Å². The molecule has 9 heteroatoms. The van der Waals surface area contributed by atoms with Crippen LogP contribution in [0, 0.1) is 20.8 Å². The number of para-hydroxylation sites is 1. The normalized spacial score (nSPS) is 16.6. The van der Waals surface area contributed by atoms with Gasteiger partial charge in [-0.3, -0.25) is 9.78 Å². The van der Waals surface area contributed by atoms with Gasteiger partial charge in [-0.05, 0) is 81.0 Å². The first-order valence-electron chi connectivity index (χ1n) is 13.1. The maximum Gasteiger partial charge on any atom is 0.337 e. The van der Waals surface area contributed by atoms with Gasteiger partial charge in [0.05, 0.1) is 29.0 Å². The smallest absolute Gasteiger partial charge is 0.337 e. The van der Waals surface area contributed by atoms with E-state index in [4.69, 9.17) is 12.2 Å². The number of rotatable bonds is 8. The molecule has 2 unspecified atom stereocenters. The number of carbonyl (C=O) groups excluding carboxylic acids is 1. The molecule has 1 fully saturated rings. The van der Waals surface area contributed by atoms with Gasteiger partial charge < -0.3 is 25.2 Å². The molecule has 1 aliphatic heterocycles. The summed E-state index contributed by atoms with van der Waals surface area (Å²) in [7, 11) is 0. The summed E-state index contributed by atoms with van der Waals surface area (Å²) in [5.74, 6) is -1.09. The van der Waals surface area contributed by atoms with Crippen LogP contribution >= 0.6 is 12.2 Å². The summed E-state index contributed by atoms with van der Waals surface area (Å²) in [6, 6.07) is 22.0. The fourth-order valence-corrected chi connectivity index (χ4v) is 5.71. The van der Waals surface area contributed by atoms with Crippen molar-refractivity contribution in [2.24, 2.45) is 0 Å². The number of amides is 1. The van der Waals surface area contributed by atoms with Crippen molar-refractivity contribution in [3.05, 3.63) is 113 Å². The number of aryl methyl sites for hydroxylation is 2. The van der Waals surface area contributed by atoms with Crippen LogP contribution in [0.1, 0.15) is 57.1 Å². The molecule has 3 N–H and O–H groups in total. The monoisotopic (exact) mass is 553 g/mol. The number of anilines is 1. The van der Waals surface area contributed by atoms with Crippen molar-refractivity contribution in [3.8, 4) is 5.69 Å². The number of carbonyl (C=O) groups is 2. The molecule has 8 nitrogen and oxygen atoms in total. The van der Waals surface area contributed by atoms with E-state index >= 15 is 0 Å². The lowest BCUT2D eigenvalue weighted by Crippen LogP contribution is -2.32. The number of thiocarbonyl (C=S) groups is 1. The van der Waals surface area contributed by atoms with E-state index in [9.17, 15) is 14.7 Å². The molecule has 40 heavy (non-hydrogen) atoms. The van der Waals surface area contributed by atoms with E-state index in [2.05, 4.69) is 21.7 Å². The van der Waals surface area contributed by atoms with Crippen molar-refractivity contribution in [2.75, 3.05) is 11.9 Å². The Kier molecular flexibility index (Phi) is 7.66.